The van der Waals surface area contributed by atoms with E-state index in [0.717, 1.165) is 40.5 Å². The molecule has 1 aliphatic heterocycles. The molecule has 0 unspecified atom stereocenters. The fourth-order valence-electron chi connectivity index (χ4n) is 4.31. The van der Waals surface area contributed by atoms with Crippen LogP contribution in [-0.2, 0) is 13.0 Å². The Balaban J connectivity index is 1.24. The van der Waals surface area contributed by atoms with Crippen LogP contribution in [0.15, 0.2) is 72.4 Å². The zero-order chi connectivity index (χ0) is 23.3. The molecule has 1 aliphatic rings. The maximum atomic E-state index is 12.8. The molecule has 3 heterocycles. The van der Waals surface area contributed by atoms with Gasteiger partial charge in [-0.2, -0.15) is 0 Å². The van der Waals surface area contributed by atoms with Gasteiger partial charge in [0, 0.05) is 47.6 Å². The van der Waals surface area contributed by atoms with Gasteiger partial charge in [0.1, 0.15) is 0 Å². The molecule has 0 saturated carbocycles. The van der Waals surface area contributed by atoms with E-state index in [4.69, 9.17) is 4.98 Å². The molecule has 0 bridgehead atoms. The quantitative estimate of drug-likeness (QED) is 0.364. The van der Waals surface area contributed by atoms with Crippen LogP contribution in [-0.4, -0.2) is 33.9 Å². The first-order valence-corrected chi connectivity index (χ1v) is 12.6. The summed E-state index contributed by atoms with van der Waals surface area (Å²) in [6, 6.07) is 18.0. The molecule has 0 aliphatic carbocycles. The number of carbonyl (C=O) groups excluding carboxylic acids is 1. The Labute approximate surface area is 204 Å². The number of nitrogens with zero attached hydrogens (tertiary/aromatic N) is 3. The standard InChI is InChI=1S/C28H28N4OS/c1-20-6-11-25(15-24(20)16-27-31-26(19-34-27)23-5-4-12-29-17-23)30-28(33)22-9-7-21(8-10-22)18-32-13-2-3-14-32/h4-12,15,17,19H,2-3,13-14,16,18H2,1H3,(H,30,33). The summed E-state index contributed by atoms with van der Waals surface area (Å²) in [5, 5.41) is 6.17. The lowest BCUT2D eigenvalue weighted by Crippen LogP contribution is -2.18. The van der Waals surface area contributed by atoms with Gasteiger partial charge < -0.3 is 5.32 Å². The zero-order valence-corrected chi connectivity index (χ0v) is 20.1. The Morgan fingerprint density at radius 3 is 2.68 bits per heavy atom. The third-order valence-corrected chi connectivity index (χ3v) is 7.13. The van der Waals surface area contributed by atoms with Gasteiger partial charge in [0.2, 0.25) is 0 Å². The highest BCUT2D eigenvalue weighted by Crippen LogP contribution is 2.25. The number of pyridine rings is 1. The number of amides is 1. The van der Waals surface area contributed by atoms with Gasteiger partial charge >= 0.3 is 0 Å². The minimum Gasteiger partial charge on any atom is -0.322 e. The van der Waals surface area contributed by atoms with Crippen molar-refractivity contribution < 1.29 is 4.79 Å². The number of hydrogen-bond acceptors (Lipinski definition) is 5. The minimum atomic E-state index is -0.0874. The van der Waals surface area contributed by atoms with E-state index in [9.17, 15) is 4.79 Å². The van der Waals surface area contributed by atoms with Crippen LogP contribution in [0, 0.1) is 6.92 Å². The maximum Gasteiger partial charge on any atom is 0.255 e. The minimum absolute atomic E-state index is 0.0874. The lowest BCUT2D eigenvalue weighted by atomic mass is 10.0. The second kappa shape index (κ2) is 10.3. The summed E-state index contributed by atoms with van der Waals surface area (Å²) in [6.45, 7) is 5.39. The second-order valence-electron chi connectivity index (χ2n) is 8.82. The number of anilines is 1. The van der Waals surface area contributed by atoms with Crippen LogP contribution in [0.2, 0.25) is 0 Å². The van der Waals surface area contributed by atoms with E-state index in [1.807, 2.05) is 36.5 Å². The number of benzene rings is 2. The average molecular weight is 469 g/mol. The largest absolute Gasteiger partial charge is 0.322 e. The summed E-state index contributed by atoms with van der Waals surface area (Å²) in [6.07, 6.45) is 6.90. The zero-order valence-electron chi connectivity index (χ0n) is 19.3. The van der Waals surface area contributed by atoms with Crippen molar-refractivity contribution in [3.8, 4) is 11.3 Å². The molecule has 6 heteroatoms. The highest BCUT2D eigenvalue weighted by Gasteiger charge is 2.13. The summed E-state index contributed by atoms with van der Waals surface area (Å²) in [7, 11) is 0. The van der Waals surface area contributed by atoms with Crippen molar-refractivity contribution in [1.29, 1.82) is 0 Å². The van der Waals surface area contributed by atoms with Crippen LogP contribution in [0.3, 0.4) is 0 Å². The van der Waals surface area contributed by atoms with Crippen molar-refractivity contribution in [3.63, 3.8) is 0 Å². The van der Waals surface area contributed by atoms with Crippen LogP contribution in [0.4, 0.5) is 5.69 Å². The SMILES string of the molecule is Cc1ccc(NC(=O)c2ccc(CN3CCCC3)cc2)cc1Cc1nc(-c2cccnc2)cs1. The molecule has 2 aromatic carbocycles. The number of thiazole rings is 1. The maximum absolute atomic E-state index is 12.8. The van der Waals surface area contributed by atoms with Gasteiger partial charge in [0.05, 0.1) is 10.7 Å². The second-order valence-corrected chi connectivity index (χ2v) is 9.76. The Hall–Kier alpha value is -3.35. The molecular weight excluding hydrogens is 440 g/mol. The fraction of sp³-hybridized carbons (Fsp3) is 0.250. The number of carbonyl (C=O) groups is 1. The van der Waals surface area contributed by atoms with Gasteiger partial charge in [-0.05, 0) is 85.9 Å². The summed E-state index contributed by atoms with van der Waals surface area (Å²) < 4.78 is 0. The van der Waals surface area contributed by atoms with Crippen molar-refractivity contribution in [2.75, 3.05) is 18.4 Å². The first-order chi connectivity index (χ1) is 16.6. The van der Waals surface area contributed by atoms with Crippen LogP contribution in [0.5, 0.6) is 0 Å². The van der Waals surface area contributed by atoms with Crippen molar-refractivity contribution in [2.45, 2.75) is 32.7 Å². The highest BCUT2D eigenvalue weighted by molar-refractivity contribution is 7.10. The Bertz CT molecular complexity index is 1260. The number of likely N-dealkylation sites (tertiary alicyclic amines) is 1. The molecule has 5 rings (SSSR count). The van der Waals surface area contributed by atoms with Gasteiger partial charge in [0.25, 0.3) is 5.91 Å². The van der Waals surface area contributed by atoms with Crippen molar-refractivity contribution in [3.05, 3.63) is 99.6 Å². The van der Waals surface area contributed by atoms with Gasteiger partial charge in [-0.3, -0.25) is 14.7 Å². The van der Waals surface area contributed by atoms with E-state index in [2.05, 4.69) is 51.8 Å². The van der Waals surface area contributed by atoms with E-state index < -0.39 is 0 Å². The molecule has 2 aromatic heterocycles. The van der Waals surface area contributed by atoms with Gasteiger partial charge in [0.15, 0.2) is 0 Å². The van der Waals surface area contributed by atoms with Gasteiger partial charge in [-0.1, -0.05) is 18.2 Å². The Morgan fingerprint density at radius 1 is 1.09 bits per heavy atom. The van der Waals surface area contributed by atoms with E-state index >= 15 is 0 Å². The molecule has 172 valence electrons. The topological polar surface area (TPSA) is 58.1 Å². The molecule has 1 saturated heterocycles. The Morgan fingerprint density at radius 2 is 1.91 bits per heavy atom. The molecule has 0 atom stereocenters. The molecule has 34 heavy (non-hydrogen) atoms. The van der Waals surface area contributed by atoms with Crippen molar-refractivity contribution >= 4 is 22.9 Å². The number of hydrogen-bond donors (Lipinski definition) is 1. The number of aromatic nitrogens is 2. The summed E-state index contributed by atoms with van der Waals surface area (Å²) >= 11 is 1.65. The van der Waals surface area contributed by atoms with Crippen LogP contribution in [0.1, 0.15) is 44.9 Å². The highest BCUT2D eigenvalue weighted by atomic mass is 32.1. The van der Waals surface area contributed by atoms with Crippen LogP contribution >= 0.6 is 11.3 Å². The number of aryl methyl sites for hydroxylation is 1. The summed E-state index contributed by atoms with van der Waals surface area (Å²) in [5.41, 5.74) is 7.04. The van der Waals surface area contributed by atoms with Crippen LogP contribution in [0.25, 0.3) is 11.3 Å². The first-order valence-electron chi connectivity index (χ1n) is 11.7. The lowest BCUT2D eigenvalue weighted by Gasteiger charge is -2.14. The van der Waals surface area contributed by atoms with Crippen molar-refractivity contribution in [2.24, 2.45) is 0 Å². The molecule has 1 N–H and O–H groups in total. The lowest BCUT2D eigenvalue weighted by molar-refractivity contribution is 0.102. The van der Waals surface area contributed by atoms with E-state index in [0.29, 0.717) is 5.56 Å². The molecule has 0 radical (unpaired) electrons. The number of rotatable bonds is 7. The fourth-order valence-corrected chi connectivity index (χ4v) is 5.13. The normalized spacial score (nSPS) is 13.8. The molecule has 1 amide bonds. The summed E-state index contributed by atoms with van der Waals surface area (Å²) in [5.74, 6) is -0.0874. The number of nitrogens with one attached hydrogen (secondary N) is 1. The third kappa shape index (κ3) is 5.41. The van der Waals surface area contributed by atoms with E-state index in [1.54, 1.807) is 17.5 Å². The van der Waals surface area contributed by atoms with E-state index in [-0.39, 0.29) is 5.91 Å². The molecule has 0 spiro atoms. The van der Waals surface area contributed by atoms with Gasteiger partial charge in [-0.15, -0.1) is 11.3 Å². The van der Waals surface area contributed by atoms with Crippen molar-refractivity contribution in [1.82, 2.24) is 14.9 Å². The molecule has 5 nitrogen and oxygen atoms in total. The Kier molecular flexibility index (Phi) is 6.79. The van der Waals surface area contributed by atoms with Crippen LogP contribution < -0.4 is 5.32 Å². The monoisotopic (exact) mass is 468 g/mol. The van der Waals surface area contributed by atoms with E-state index in [1.165, 1.54) is 37.1 Å². The summed E-state index contributed by atoms with van der Waals surface area (Å²) in [4.78, 5) is 24.3. The predicted molar refractivity (Wildman–Crippen MR) is 138 cm³/mol. The third-order valence-electron chi connectivity index (χ3n) is 6.28. The predicted octanol–water partition coefficient (Wildman–Crippen LogP) is 5.95. The average Bonchev–Trinajstić information content (AvgIpc) is 3.55. The molecule has 1 fully saturated rings. The molecule has 4 aromatic rings. The first kappa shape index (κ1) is 22.4. The van der Waals surface area contributed by atoms with Gasteiger partial charge in [-0.25, -0.2) is 4.98 Å². The smallest absolute Gasteiger partial charge is 0.255 e. The molecular formula is C28H28N4OS.